The summed E-state index contributed by atoms with van der Waals surface area (Å²) in [6.07, 6.45) is -4.89. The van der Waals surface area contributed by atoms with E-state index in [2.05, 4.69) is 0 Å². The summed E-state index contributed by atoms with van der Waals surface area (Å²) in [7, 11) is 0. The fourth-order valence-electron chi connectivity index (χ4n) is 1.88. The molecule has 1 aromatic carbocycles. The molecule has 0 saturated carbocycles. The maximum atomic E-state index is 12.5. The Morgan fingerprint density at radius 3 is 2.59 bits per heavy atom. The Morgan fingerprint density at radius 2 is 2.09 bits per heavy atom. The van der Waals surface area contributed by atoms with Gasteiger partial charge in [-0.2, -0.15) is 18.4 Å². The van der Waals surface area contributed by atoms with E-state index in [0.29, 0.717) is 4.90 Å². The lowest BCUT2D eigenvalue weighted by Crippen LogP contribution is -2.39. The van der Waals surface area contributed by atoms with Crippen LogP contribution in [0.1, 0.15) is 22.3 Å². The highest BCUT2D eigenvalue weighted by Crippen LogP contribution is 2.24. The molecule has 0 atom stereocenters. The summed E-state index contributed by atoms with van der Waals surface area (Å²) in [4.78, 5) is 22.8. The van der Waals surface area contributed by atoms with Crippen LogP contribution >= 0.6 is 0 Å². The van der Waals surface area contributed by atoms with Crippen LogP contribution in [-0.4, -0.2) is 35.0 Å². The molecule has 0 spiro atoms. The smallest absolute Gasteiger partial charge is 0.328 e. The molecule has 118 valence electrons. The SMILES string of the molecule is Cc1c(C(=O)N(CCC#N)CC(F)(F)F)cccc1[N+](=O)[O-]. The van der Waals surface area contributed by atoms with Gasteiger partial charge in [0.05, 0.1) is 17.4 Å². The van der Waals surface area contributed by atoms with Gasteiger partial charge in [0.25, 0.3) is 11.6 Å². The summed E-state index contributed by atoms with van der Waals surface area (Å²) in [5, 5.41) is 19.3. The summed E-state index contributed by atoms with van der Waals surface area (Å²) >= 11 is 0. The van der Waals surface area contributed by atoms with Crippen molar-refractivity contribution in [2.75, 3.05) is 13.1 Å². The molecule has 0 aliphatic heterocycles. The monoisotopic (exact) mass is 315 g/mol. The quantitative estimate of drug-likeness (QED) is 0.617. The number of amides is 1. The minimum Gasteiger partial charge on any atom is -0.328 e. The van der Waals surface area contributed by atoms with Crippen LogP contribution < -0.4 is 0 Å². The van der Waals surface area contributed by atoms with Crippen molar-refractivity contribution < 1.29 is 22.9 Å². The minimum atomic E-state index is -4.63. The Hall–Kier alpha value is -2.63. The summed E-state index contributed by atoms with van der Waals surface area (Å²) in [5.74, 6) is -0.992. The molecule has 6 nitrogen and oxygen atoms in total. The molecule has 0 aliphatic rings. The van der Waals surface area contributed by atoms with Crippen molar-refractivity contribution in [3.63, 3.8) is 0 Å². The zero-order valence-corrected chi connectivity index (χ0v) is 11.6. The Balaban J connectivity index is 3.16. The number of nitriles is 1. The maximum Gasteiger partial charge on any atom is 0.406 e. The first-order chi connectivity index (χ1) is 10.2. The predicted molar refractivity (Wildman–Crippen MR) is 70.0 cm³/mol. The van der Waals surface area contributed by atoms with E-state index in [9.17, 15) is 28.1 Å². The number of alkyl halides is 3. The number of benzene rings is 1. The van der Waals surface area contributed by atoms with E-state index in [4.69, 9.17) is 5.26 Å². The molecule has 0 N–H and O–H groups in total. The number of halogens is 3. The Kier molecular flexibility index (Phi) is 5.45. The number of carbonyl (C=O) groups excluding carboxylic acids is 1. The van der Waals surface area contributed by atoms with Gasteiger partial charge in [-0.05, 0) is 13.0 Å². The summed E-state index contributed by atoms with van der Waals surface area (Å²) in [6, 6.07) is 5.28. The van der Waals surface area contributed by atoms with Crippen LogP contribution in [0.2, 0.25) is 0 Å². The van der Waals surface area contributed by atoms with Crippen LogP contribution in [0.5, 0.6) is 0 Å². The third kappa shape index (κ3) is 4.44. The van der Waals surface area contributed by atoms with E-state index in [-0.39, 0.29) is 23.2 Å². The van der Waals surface area contributed by atoms with Crippen LogP contribution in [0.3, 0.4) is 0 Å². The van der Waals surface area contributed by atoms with Gasteiger partial charge in [-0.25, -0.2) is 0 Å². The zero-order chi connectivity index (χ0) is 16.9. The summed E-state index contributed by atoms with van der Waals surface area (Å²) in [5.41, 5.74) is -0.545. The number of hydrogen-bond acceptors (Lipinski definition) is 4. The molecule has 0 heterocycles. The van der Waals surface area contributed by atoms with Gasteiger partial charge in [0.2, 0.25) is 0 Å². The molecule has 22 heavy (non-hydrogen) atoms. The predicted octanol–water partition coefficient (Wildman–Crippen LogP) is 2.82. The molecular formula is C13H12F3N3O3. The van der Waals surface area contributed by atoms with E-state index in [1.54, 1.807) is 6.07 Å². The third-order valence-electron chi connectivity index (χ3n) is 2.88. The molecule has 1 aromatic rings. The molecule has 9 heteroatoms. The molecule has 1 amide bonds. The highest BCUT2D eigenvalue weighted by atomic mass is 19.4. The van der Waals surface area contributed by atoms with Crippen LogP contribution in [0.15, 0.2) is 18.2 Å². The van der Waals surface area contributed by atoms with Crippen LogP contribution in [0.4, 0.5) is 18.9 Å². The van der Waals surface area contributed by atoms with Crippen LogP contribution in [-0.2, 0) is 0 Å². The van der Waals surface area contributed by atoms with E-state index < -0.39 is 30.1 Å². The first kappa shape index (κ1) is 17.4. The van der Waals surface area contributed by atoms with Gasteiger partial charge < -0.3 is 4.90 Å². The Bertz CT molecular complexity index is 623. The fourth-order valence-corrected chi connectivity index (χ4v) is 1.88. The van der Waals surface area contributed by atoms with Crippen molar-refractivity contribution in [2.24, 2.45) is 0 Å². The third-order valence-corrected chi connectivity index (χ3v) is 2.88. The molecule has 0 aromatic heterocycles. The Labute approximate surface area is 123 Å². The van der Waals surface area contributed by atoms with Crippen molar-refractivity contribution >= 4 is 11.6 Å². The summed E-state index contributed by atoms with van der Waals surface area (Å²) < 4.78 is 37.6. The number of nitrogens with zero attached hydrogens (tertiary/aromatic N) is 3. The van der Waals surface area contributed by atoms with E-state index in [0.717, 1.165) is 6.07 Å². The molecule has 0 unspecified atom stereocenters. The van der Waals surface area contributed by atoms with Crippen LogP contribution in [0.25, 0.3) is 0 Å². The molecule has 0 radical (unpaired) electrons. The normalized spacial score (nSPS) is 10.9. The Morgan fingerprint density at radius 1 is 1.45 bits per heavy atom. The molecule has 0 saturated heterocycles. The van der Waals surface area contributed by atoms with Gasteiger partial charge in [-0.1, -0.05) is 6.07 Å². The minimum absolute atomic E-state index is 0.0124. The molecule has 0 bridgehead atoms. The molecular weight excluding hydrogens is 303 g/mol. The number of hydrogen-bond donors (Lipinski definition) is 0. The number of nitro groups is 1. The maximum absolute atomic E-state index is 12.5. The van der Waals surface area contributed by atoms with Gasteiger partial charge in [0.1, 0.15) is 6.54 Å². The average Bonchev–Trinajstić information content (AvgIpc) is 2.41. The largest absolute Gasteiger partial charge is 0.406 e. The second-order valence-electron chi connectivity index (χ2n) is 4.46. The van der Waals surface area contributed by atoms with E-state index in [1.807, 2.05) is 0 Å². The zero-order valence-electron chi connectivity index (χ0n) is 11.6. The van der Waals surface area contributed by atoms with E-state index >= 15 is 0 Å². The lowest BCUT2D eigenvalue weighted by Gasteiger charge is -2.23. The van der Waals surface area contributed by atoms with Crippen molar-refractivity contribution in [1.82, 2.24) is 4.90 Å². The summed E-state index contributed by atoms with van der Waals surface area (Å²) in [6.45, 7) is -0.631. The first-order valence-electron chi connectivity index (χ1n) is 6.14. The highest BCUT2D eigenvalue weighted by molar-refractivity contribution is 5.96. The van der Waals surface area contributed by atoms with Crippen molar-refractivity contribution in [3.8, 4) is 6.07 Å². The van der Waals surface area contributed by atoms with Crippen molar-refractivity contribution in [2.45, 2.75) is 19.5 Å². The van der Waals surface area contributed by atoms with E-state index in [1.165, 1.54) is 19.1 Å². The van der Waals surface area contributed by atoms with Gasteiger partial charge >= 0.3 is 6.18 Å². The number of nitro benzene ring substituents is 1. The van der Waals surface area contributed by atoms with Crippen LogP contribution in [0, 0.1) is 28.4 Å². The van der Waals surface area contributed by atoms with Crippen molar-refractivity contribution in [3.05, 3.63) is 39.4 Å². The van der Waals surface area contributed by atoms with Gasteiger partial charge in [0.15, 0.2) is 0 Å². The molecule has 1 rings (SSSR count). The van der Waals surface area contributed by atoms with Gasteiger partial charge in [-0.3, -0.25) is 14.9 Å². The van der Waals surface area contributed by atoms with Crippen molar-refractivity contribution in [1.29, 1.82) is 5.26 Å². The number of rotatable bonds is 5. The molecule has 0 fully saturated rings. The number of carbonyl (C=O) groups is 1. The second-order valence-corrected chi connectivity index (χ2v) is 4.46. The lowest BCUT2D eigenvalue weighted by molar-refractivity contribution is -0.385. The fraction of sp³-hybridized carbons (Fsp3) is 0.385. The molecule has 0 aliphatic carbocycles. The van der Waals surface area contributed by atoms with Gasteiger partial charge in [0, 0.05) is 23.7 Å². The standard InChI is InChI=1S/C13H12F3N3O3/c1-9-10(4-2-5-11(9)19(21)22)12(20)18(7-3-6-17)8-13(14,15)16/h2,4-5H,3,7-8H2,1H3. The highest BCUT2D eigenvalue weighted by Gasteiger charge is 2.34. The second kappa shape index (κ2) is 6.89. The topological polar surface area (TPSA) is 87.2 Å². The first-order valence-corrected chi connectivity index (χ1v) is 6.14. The lowest BCUT2D eigenvalue weighted by atomic mass is 10.1. The van der Waals surface area contributed by atoms with Gasteiger partial charge in [-0.15, -0.1) is 0 Å². The average molecular weight is 315 g/mol.